The van der Waals surface area contributed by atoms with Crippen LogP contribution in [0.1, 0.15) is 23.7 Å². The summed E-state index contributed by atoms with van der Waals surface area (Å²) in [5, 5.41) is 3.39. The molecular formula is C18H26ClN3O2. The van der Waals surface area contributed by atoms with Gasteiger partial charge in [0.15, 0.2) is 6.10 Å². The molecular weight excluding hydrogens is 326 g/mol. The Kier molecular flexibility index (Phi) is 5.76. The van der Waals surface area contributed by atoms with Crippen molar-refractivity contribution in [2.75, 3.05) is 45.9 Å². The highest BCUT2D eigenvalue weighted by atomic mass is 35.5. The minimum absolute atomic E-state index is 0. The average molecular weight is 352 g/mol. The van der Waals surface area contributed by atoms with Crippen molar-refractivity contribution < 1.29 is 9.53 Å². The van der Waals surface area contributed by atoms with E-state index >= 15 is 0 Å². The average Bonchev–Trinajstić information content (AvgIpc) is 3.11. The van der Waals surface area contributed by atoms with Crippen LogP contribution in [0.3, 0.4) is 0 Å². The Bertz CT molecular complexity index is 577. The molecule has 1 N–H and O–H groups in total. The second-order valence-electron chi connectivity index (χ2n) is 6.71. The molecule has 24 heavy (non-hydrogen) atoms. The Morgan fingerprint density at radius 2 is 1.96 bits per heavy atom. The standard InChI is InChI=1S/C18H25N3O2.ClH/c22-18(17-16-4-2-1-3-14(16)6-12-23-17)21-9-5-15(13-21)20-10-7-19-8-11-20;/h1-4,15,17,19H,5-13H2;1H. The van der Waals surface area contributed by atoms with Gasteiger partial charge in [-0.3, -0.25) is 9.69 Å². The Labute approximate surface area is 149 Å². The van der Waals surface area contributed by atoms with Gasteiger partial charge >= 0.3 is 0 Å². The van der Waals surface area contributed by atoms with E-state index in [4.69, 9.17) is 4.74 Å². The van der Waals surface area contributed by atoms with E-state index in [-0.39, 0.29) is 18.3 Å². The van der Waals surface area contributed by atoms with Gasteiger partial charge in [-0.05, 0) is 24.0 Å². The number of nitrogens with zero attached hydrogens (tertiary/aromatic N) is 2. The Balaban J connectivity index is 0.00000169. The number of rotatable bonds is 2. The molecule has 0 spiro atoms. The second kappa shape index (κ2) is 7.83. The number of likely N-dealkylation sites (tertiary alicyclic amines) is 1. The maximum absolute atomic E-state index is 13.0. The molecule has 0 radical (unpaired) electrons. The van der Waals surface area contributed by atoms with Gasteiger partial charge in [-0.2, -0.15) is 0 Å². The summed E-state index contributed by atoms with van der Waals surface area (Å²) in [5.74, 6) is 0.148. The summed E-state index contributed by atoms with van der Waals surface area (Å²) in [7, 11) is 0. The topological polar surface area (TPSA) is 44.8 Å². The zero-order valence-corrected chi connectivity index (χ0v) is 14.8. The summed E-state index contributed by atoms with van der Waals surface area (Å²) in [6.45, 7) is 6.65. The van der Waals surface area contributed by atoms with Crippen LogP contribution in [0.15, 0.2) is 24.3 Å². The third-order valence-corrected chi connectivity index (χ3v) is 5.36. The third kappa shape index (κ3) is 3.45. The summed E-state index contributed by atoms with van der Waals surface area (Å²) in [5.41, 5.74) is 2.32. The van der Waals surface area contributed by atoms with E-state index < -0.39 is 6.10 Å². The number of ether oxygens (including phenoxy) is 1. The quantitative estimate of drug-likeness (QED) is 0.870. The highest BCUT2D eigenvalue weighted by molar-refractivity contribution is 5.85. The fourth-order valence-electron chi connectivity index (χ4n) is 4.05. The van der Waals surface area contributed by atoms with Crippen LogP contribution < -0.4 is 5.32 Å². The number of halogens is 1. The highest BCUT2D eigenvalue weighted by Gasteiger charge is 2.36. The minimum atomic E-state index is -0.401. The summed E-state index contributed by atoms with van der Waals surface area (Å²) in [4.78, 5) is 17.5. The van der Waals surface area contributed by atoms with Crippen molar-refractivity contribution in [3.05, 3.63) is 35.4 Å². The summed E-state index contributed by atoms with van der Waals surface area (Å²) < 4.78 is 5.84. The van der Waals surface area contributed by atoms with E-state index in [1.54, 1.807) is 0 Å². The first kappa shape index (κ1) is 17.7. The third-order valence-electron chi connectivity index (χ3n) is 5.36. The number of piperazine rings is 1. The molecule has 6 heteroatoms. The van der Waals surface area contributed by atoms with Crippen LogP contribution in [0, 0.1) is 0 Å². The molecule has 3 aliphatic rings. The first-order valence-electron chi connectivity index (χ1n) is 8.76. The van der Waals surface area contributed by atoms with E-state index in [1.807, 2.05) is 23.1 Å². The van der Waals surface area contributed by atoms with Crippen molar-refractivity contribution in [3.8, 4) is 0 Å². The predicted molar refractivity (Wildman–Crippen MR) is 95.5 cm³/mol. The molecule has 0 saturated carbocycles. The normalized spacial score (nSPS) is 27.4. The number of amides is 1. The van der Waals surface area contributed by atoms with Crippen LogP contribution in [-0.2, 0) is 16.0 Å². The first-order chi connectivity index (χ1) is 11.3. The van der Waals surface area contributed by atoms with Gasteiger partial charge < -0.3 is 15.0 Å². The van der Waals surface area contributed by atoms with E-state index in [0.29, 0.717) is 12.6 Å². The van der Waals surface area contributed by atoms with Crippen molar-refractivity contribution in [1.29, 1.82) is 0 Å². The Morgan fingerprint density at radius 1 is 1.17 bits per heavy atom. The smallest absolute Gasteiger partial charge is 0.256 e. The summed E-state index contributed by atoms with van der Waals surface area (Å²) >= 11 is 0. The summed E-state index contributed by atoms with van der Waals surface area (Å²) in [6.07, 6.45) is 1.59. The molecule has 3 aliphatic heterocycles. The number of hydrogen-bond donors (Lipinski definition) is 1. The zero-order valence-electron chi connectivity index (χ0n) is 13.9. The molecule has 1 aromatic carbocycles. The van der Waals surface area contributed by atoms with Crippen LogP contribution in [0.4, 0.5) is 0 Å². The second-order valence-corrected chi connectivity index (χ2v) is 6.71. The van der Waals surface area contributed by atoms with E-state index in [2.05, 4.69) is 16.3 Å². The van der Waals surface area contributed by atoms with Crippen molar-refractivity contribution >= 4 is 18.3 Å². The van der Waals surface area contributed by atoms with Crippen LogP contribution in [0.25, 0.3) is 0 Å². The molecule has 2 fully saturated rings. The number of hydrogen-bond acceptors (Lipinski definition) is 4. The monoisotopic (exact) mass is 351 g/mol. The largest absolute Gasteiger partial charge is 0.363 e. The molecule has 2 unspecified atom stereocenters. The van der Waals surface area contributed by atoms with Gasteiger partial charge in [0.25, 0.3) is 5.91 Å². The molecule has 3 heterocycles. The van der Waals surface area contributed by atoms with Gasteiger partial charge in [-0.1, -0.05) is 24.3 Å². The molecule has 132 valence electrons. The number of carbonyl (C=O) groups excluding carboxylic acids is 1. The lowest BCUT2D eigenvalue weighted by Crippen LogP contribution is -2.49. The van der Waals surface area contributed by atoms with Crippen LogP contribution in [0.5, 0.6) is 0 Å². The predicted octanol–water partition coefficient (Wildman–Crippen LogP) is 1.23. The fraction of sp³-hybridized carbons (Fsp3) is 0.611. The molecule has 2 atom stereocenters. The maximum Gasteiger partial charge on any atom is 0.256 e. The van der Waals surface area contributed by atoms with Gasteiger partial charge in [0.2, 0.25) is 0 Å². The SMILES string of the molecule is Cl.O=C(C1OCCc2ccccc21)N1CCC(N2CCNCC2)C1. The van der Waals surface area contributed by atoms with Crippen LogP contribution in [-0.4, -0.2) is 67.6 Å². The number of carbonyl (C=O) groups is 1. The molecule has 0 aromatic heterocycles. The lowest BCUT2D eigenvalue weighted by Gasteiger charge is -2.33. The highest BCUT2D eigenvalue weighted by Crippen LogP contribution is 2.30. The lowest BCUT2D eigenvalue weighted by molar-refractivity contribution is -0.144. The molecule has 1 amide bonds. The van der Waals surface area contributed by atoms with Crippen molar-refractivity contribution in [1.82, 2.24) is 15.1 Å². The van der Waals surface area contributed by atoms with Gasteiger partial charge in [-0.25, -0.2) is 0 Å². The summed E-state index contributed by atoms with van der Waals surface area (Å²) in [6, 6.07) is 8.72. The molecule has 1 aromatic rings. The molecule has 4 rings (SSSR count). The number of fused-ring (bicyclic) bond motifs is 1. The molecule has 0 bridgehead atoms. The van der Waals surface area contributed by atoms with E-state index in [0.717, 1.165) is 57.7 Å². The van der Waals surface area contributed by atoms with Gasteiger partial charge in [0, 0.05) is 45.3 Å². The lowest BCUT2D eigenvalue weighted by atomic mass is 9.97. The number of nitrogens with one attached hydrogen (secondary N) is 1. The van der Waals surface area contributed by atoms with Crippen molar-refractivity contribution in [3.63, 3.8) is 0 Å². The van der Waals surface area contributed by atoms with Crippen molar-refractivity contribution in [2.45, 2.75) is 25.0 Å². The van der Waals surface area contributed by atoms with Gasteiger partial charge in [0.1, 0.15) is 0 Å². The Morgan fingerprint density at radius 3 is 2.79 bits per heavy atom. The maximum atomic E-state index is 13.0. The van der Waals surface area contributed by atoms with Crippen LogP contribution in [0.2, 0.25) is 0 Å². The first-order valence-corrected chi connectivity index (χ1v) is 8.76. The van der Waals surface area contributed by atoms with Gasteiger partial charge in [-0.15, -0.1) is 12.4 Å². The molecule has 5 nitrogen and oxygen atoms in total. The fourth-order valence-corrected chi connectivity index (χ4v) is 4.05. The zero-order chi connectivity index (χ0) is 15.6. The molecule has 2 saturated heterocycles. The molecule has 0 aliphatic carbocycles. The van der Waals surface area contributed by atoms with E-state index in [9.17, 15) is 4.79 Å². The van der Waals surface area contributed by atoms with Crippen LogP contribution >= 0.6 is 12.4 Å². The minimum Gasteiger partial charge on any atom is -0.363 e. The van der Waals surface area contributed by atoms with Crippen molar-refractivity contribution in [2.24, 2.45) is 0 Å². The van der Waals surface area contributed by atoms with Gasteiger partial charge in [0.05, 0.1) is 6.61 Å². The van der Waals surface area contributed by atoms with E-state index in [1.165, 1.54) is 5.56 Å². The Hall–Kier alpha value is -1.14. The number of benzene rings is 1.